The summed E-state index contributed by atoms with van der Waals surface area (Å²) in [6, 6.07) is 5.10. The van der Waals surface area contributed by atoms with Crippen molar-refractivity contribution < 1.29 is 27.8 Å². The number of carboxylic acids is 1. The van der Waals surface area contributed by atoms with E-state index >= 15 is 0 Å². The second-order valence-electron chi connectivity index (χ2n) is 3.34. The summed E-state index contributed by atoms with van der Waals surface area (Å²) >= 11 is 0. The van der Waals surface area contributed by atoms with Crippen molar-refractivity contribution >= 4 is 11.7 Å². The zero-order valence-corrected chi connectivity index (χ0v) is 9.12. The van der Waals surface area contributed by atoms with Crippen LogP contribution in [-0.4, -0.2) is 24.0 Å². The van der Waals surface area contributed by atoms with Gasteiger partial charge < -0.3 is 15.2 Å². The third kappa shape index (κ3) is 4.77. The lowest BCUT2D eigenvalue weighted by atomic mass is 10.2. The number of benzene rings is 1. The smallest absolute Gasteiger partial charge is 0.478 e. The summed E-state index contributed by atoms with van der Waals surface area (Å²) in [6.45, 7) is 3.20. The number of hydrogen-bond acceptors (Lipinski definition) is 3. The predicted octanol–water partition coefficient (Wildman–Crippen LogP) is 2.64. The van der Waals surface area contributed by atoms with E-state index in [1.54, 1.807) is 0 Å². The van der Waals surface area contributed by atoms with Gasteiger partial charge in [0.15, 0.2) is 0 Å². The van der Waals surface area contributed by atoms with E-state index in [1.807, 2.05) is 0 Å². The second kappa shape index (κ2) is 5.44. The van der Waals surface area contributed by atoms with Crippen LogP contribution in [0.25, 0.3) is 0 Å². The molecule has 0 aliphatic heterocycles. The fourth-order valence-electron chi connectivity index (χ4n) is 1.09. The number of nitrogens with one attached hydrogen (secondary N) is 1. The van der Waals surface area contributed by atoms with Gasteiger partial charge in [-0.1, -0.05) is 12.6 Å². The lowest BCUT2D eigenvalue weighted by Crippen LogP contribution is -2.17. The minimum atomic E-state index is -4.76. The molecule has 0 aliphatic carbocycles. The molecule has 0 aromatic heterocycles. The van der Waals surface area contributed by atoms with Gasteiger partial charge in [0.05, 0.1) is 0 Å². The average Bonchev–Trinajstić information content (AvgIpc) is 2.23. The Balaban J connectivity index is 2.65. The van der Waals surface area contributed by atoms with Crippen molar-refractivity contribution in [1.82, 2.24) is 0 Å². The number of ether oxygens (including phenoxy) is 1. The third-order valence-corrected chi connectivity index (χ3v) is 1.88. The SMILES string of the molecule is C=C(CNc1cccc(OC(F)(F)F)c1)C(=O)O. The highest BCUT2D eigenvalue weighted by atomic mass is 19.4. The van der Waals surface area contributed by atoms with Gasteiger partial charge in [-0.3, -0.25) is 0 Å². The van der Waals surface area contributed by atoms with Crippen molar-refractivity contribution in [2.75, 3.05) is 11.9 Å². The van der Waals surface area contributed by atoms with Gasteiger partial charge in [0.1, 0.15) is 5.75 Å². The zero-order valence-electron chi connectivity index (χ0n) is 9.12. The molecule has 18 heavy (non-hydrogen) atoms. The Bertz CT molecular complexity index is 457. The van der Waals surface area contributed by atoms with Crippen LogP contribution < -0.4 is 10.1 Å². The number of carboxylic acid groups (broad SMARTS) is 1. The standard InChI is InChI=1S/C11H10F3NO3/c1-7(10(16)17)6-15-8-3-2-4-9(5-8)18-11(12,13)14/h2-5,15H,1,6H2,(H,16,17). The van der Waals surface area contributed by atoms with E-state index in [4.69, 9.17) is 5.11 Å². The van der Waals surface area contributed by atoms with Crippen LogP contribution in [0.2, 0.25) is 0 Å². The van der Waals surface area contributed by atoms with Gasteiger partial charge in [-0.2, -0.15) is 0 Å². The topological polar surface area (TPSA) is 58.6 Å². The zero-order chi connectivity index (χ0) is 13.8. The number of carbonyl (C=O) groups is 1. The van der Waals surface area contributed by atoms with Gasteiger partial charge in [-0.05, 0) is 12.1 Å². The van der Waals surface area contributed by atoms with Crippen LogP contribution in [0.5, 0.6) is 5.75 Å². The average molecular weight is 261 g/mol. The van der Waals surface area contributed by atoms with E-state index in [2.05, 4.69) is 16.6 Å². The minimum Gasteiger partial charge on any atom is -0.478 e. The Hall–Kier alpha value is -2.18. The molecule has 0 saturated heterocycles. The Morgan fingerprint density at radius 2 is 2.11 bits per heavy atom. The number of anilines is 1. The van der Waals surface area contributed by atoms with E-state index in [-0.39, 0.29) is 17.9 Å². The van der Waals surface area contributed by atoms with Crippen molar-refractivity contribution in [1.29, 1.82) is 0 Å². The molecule has 0 radical (unpaired) electrons. The quantitative estimate of drug-likeness (QED) is 0.800. The lowest BCUT2D eigenvalue weighted by Gasteiger charge is -2.11. The van der Waals surface area contributed by atoms with Crippen LogP contribution >= 0.6 is 0 Å². The van der Waals surface area contributed by atoms with Crippen LogP contribution in [0.3, 0.4) is 0 Å². The van der Waals surface area contributed by atoms with Crippen molar-refractivity contribution in [2.45, 2.75) is 6.36 Å². The van der Waals surface area contributed by atoms with Crippen molar-refractivity contribution in [2.24, 2.45) is 0 Å². The highest BCUT2D eigenvalue weighted by Crippen LogP contribution is 2.24. The number of alkyl halides is 3. The molecule has 1 aromatic rings. The molecule has 2 N–H and O–H groups in total. The molecule has 0 heterocycles. The van der Waals surface area contributed by atoms with Crippen LogP contribution in [0.1, 0.15) is 0 Å². The molecular formula is C11H10F3NO3. The molecule has 0 saturated carbocycles. The monoisotopic (exact) mass is 261 g/mol. The van der Waals surface area contributed by atoms with Crippen LogP contribution in [0.4, 0.5) is 18.9 Å². The molecule has 4 nitrogen and oxygen atoms in total. The molecule has 98 valence electrons. The van der Waals surface area contributed by atoms with Gasteiger partial charge in [-0.15, -0.1) is 13.2 Å². The van der Waals surface area contributed by atoms with Gasteiger partial charge in [0.2, 0.25) is 0 Å². The first-order valence-corrected chi connectivity index (χ1v) is 4.78. The first-order chi connectivity index (χ1) is 8.28. The van der Waals surface area contributed by atoms with Crippen LogP contribution in [0, 0.1) is 0 Å². The maximum Gasteiger partial charge on any atom is 0.573 e. The van der Waals surface area contributed by atoms with Crippen LogP contribution in [-0.2, 0) is 4.79 Å². The molecule has 7 heteroatoms. The van der Waals surface area contributed by atoms with Gasteiger partial charge in [-0.25, -0.2) is 4.79 Å². The largest absolute Gasteiger partial charge is 0.573 e. The van der Waals surface area contributed by atoms with Crippen molar-refractivity contribution in [3.05, 3.63) is 36.4 Å². The number of hydrogen-bond donors (Lipinski definition) is 2. The lowest BCUT2D eigenvalue weighted by molar-refractivity contribution is -0.274. The van der Waals surface area contributed by atoms with Gasteiger partial charge >= 0.3 is 12.3 Å². The normalized spacial score (nSPS) is 10.8. The summed E-state index contributed by atoms with van der Waals surface area (Å²) in [5.74, 6) is -1.56. The molecule has 0 amide bonds. The Morgan fingerprint density at radius 3 is 2.67 bits per heavy atom. The van der Waals surface area contributed by atoms with E-state index in [1.165, 1.54) is 12.1 Å². The summed E-state index contributed by atoms with van der Waals surface area (Å²) < 4.78 is 39.6. The Labute approximate surface area is 101 Å². The predicted molar refractivity (Wildman–Crippen MR) is 58.4 cm³/mol. The fraction of sp³-hybridized carbons (Fsp3) is 0.182. The van der Waals surface area contributed by atoms with Crippen LogP contribution in [0.15, 0.2) is 36.4 Å². The first kappa shape index (κ1) is 13.9. The van der Waals surface area contributed by atoms with E-state index in [0.29, 0.717) is 5.69 Å². The number of aliphatic carboxylic acids is 1. The third-order valence-electron chi connectivity index (χ3n) is 1.88. The molecule has 0 unspecified atom stereocenters. The maximum absolute atomic E-state index is 12.0. The van der Waals surface area contributed by atoms with Crippen molar-refractivity contribution in [3.63, 3.8) is 0 Å². The van der Waals surface area contributed by atoms with Gasteiger partial charge in [0.25, 0.3) is 0 Å². The molecule has 1 aromatic carbocycles. The minimum absolute atomic E-state index is 0.0786. The number of rotatable bonds is 5. The van der Waals surface area contributed by atoms with E-state index in [0.717, 1.165) is 12.1 Å². The van der Waals surface area contributed by atoms with Gasteiger partial charge in [0, 0.05) is 23.9 Å². The summed E-state index contributed by atoms with van der Waals surface area (Å²) in [4.78, 5) is 10.5. The second-order valence-corrected chi connectivity index (χ2v) is 3.34. The molecular weight excluding hydrogens is 251 g/mol. The Kier molecular flexibility index (Phi) is 4.19. The molecule has 0 aliphatic rings. The molecule has 0 atom stereocenters. The summed E-state index contributed by atoms with van der Waals surface area (Å²) in [6.07, 6.45) is -4.76. The van der Waals surface area contributed by atoms with Crippen molar-refractivity contribution in [3.8, 4) is 5.75 Å². The van der Waals surface area contributed by atoms with E-state index < -0.39 is 12.3 Å². The molecule has 1 rings (SSSR count). The summed E-state index contributed by atoms with van der Waals surface area (Å²) in [5.41, 5.74) is 0.205. The fourth-order valence-corrected chi connectivity index (χ4v) is 1.09. The molecule has 0 bridgehead atoms. The summed E-state index contributed by atoms with van der Waals surface area (Å²) in [5, 5.41) is 11.2. The first-order valence-electron chi connectivity index (χ1n) is 4.78. The molecule has 0 spiro atoms. The highest BCUT2D eigenvalue weighted by molar-refractivity contribution is 5.86. The Morgan fingerprint density at radius 1 is 1.44 bits per heavy atom. The highest BCUT2D eigenvalue weighted by Gasteiger charge is 2.31. The summed E-state index contributed by atoms with van der Waals surface area (Å²) in [7, 11) is 0. The maximum atomic E-state index is 12.0. The number of halogens is 3. The molecule has 0 fully saturated rings. The van der Waals surface area contributed by atoms with E-state index in [9.17, 15) is 18.0 Å².